The molecule has 0 heterocycles. The first-order valence-electron chi connectivity index (χ1n) is 2.34. The van der Waals surface area contributed by atoms with Crippen molar-refractivity contribution in [2.75, 3.05) is 0 Å². The number of benzene rings is 1. The Labute approximate surface area is 85.1 Å². The maximum Gasteiger partial charge on any atom is 1.00 e. The van der Waals surface area contributed by atoms with Crippen LogP contribution in [-0.4, -0.2) is 5.11 Å². The first kappa shape index (κ1) is 10.2. The number of phenols is 1. The van der Waals surface area contributed by atoms with Crippen molar-refractivity contribution < 1.29 is 39.1 Å². The molecule has 0 aliphatic heterocycles. The molecule has 0 spiro atoms. The Kier molecular flexibility index (Phi) is 4.29. The summed E-state index contributed by atoms with van der Waals surface area (Å²) in [5.41, 5.74) is 0. The molecule has 0 radical (unpaired) electrons. The van der Waals surface area contributed by atoms with Gasteiger partial charge in [-0.1, -0.05) is 11.6 Å². The Bertz CT molecular complexity index is 229. The van der Waals surface area contributed by atoms with E-state index in [0.29, 0.717) is 0 Å². The van der Waals surface area contributed by atoms with Crippen LogP contribution >= 0.6 is 11.6 Å². The predicted molar refractivity (Wildman–Crippen MR) is 33.1 cm³/mol. The van der Waals surface area contributed by atoms with Gasteiger partial charge >= 0.3 is 29.6 Å². The predicted octanol–water partition coefficient (Wildman–Crippen LogP) is -0.811. The molecule has 1 nitrogen and oxygen atoms in total. The van der Waals surface area contributed by atoms with Crippen molar-refractivity contribution in [1.82, 2.24) is 0 Å². The third-order valence-electron chi connectivity index (χ3n) is 0.910. The van der Waals surface area contributed by atoms with E-state index in [1.165, 1.54) is 12.1 Å². The molecule has 48 valence electrons. The molecule has 1 N–H and O–H groups in total. The second-order valence-corrected chi connectivity index (χ2v) is 2.03. The van der Waals surface area contributed by atoms with Gasteiger partial charge < -0.3 is 5.11 Å². The van der Waals surface area contributed by atoms with Gasteiger partial charge in [-0.2, -0.15) is 0 Å². The minimum atomic E-state index is -0.692. The molecule has 0 aliphatic carbocycles. The minimum Gasteiger partial charge on any atom is -0.505 e. The van der Waals surface area contributed by atoms with Crippen molar-refractivity contribution in [3.8, 4) is 5.75 Å². The third-order valence-corrected chi connectivity index (χ3v) is 1.14. The van der Waals surface area contributed by atoms with E-state index in [1.807, 2.05) is 0 Å². The minimum absolute atomic E-state index is 0. The second-order valence-electron chi connectivity index (χ2n) is 1.60. The second kappa shape index (κ2) is 4.19. The summed E-state index contributed by atoms with van der Waals surface area (Å²) in [6, 6.07) is 3.68. The summed E-state index contributed by atoms with van der Waals surface area (Å²) < 4.78 is 12.2. The summed E-state index contributed by atoms with van der Waals surface area (Å²) >= 11 is 5.37. The molecule has 0 aromatic heterocycles. The van der Waals surface area contributed by atoms with Crippen LogP contribution < -0.4 is 29.6 Å². The van der Waals surface area contributed by atoms with Crippen molar-refractivity contribution in [1.29, 1.82) is 0 Å². The average Bonchev–Trinajstić information content (AvgIpc) is 1.80. The number of rotatable bonds is 0. The molecule has 1 aromatic carbocycles. The van der Waals surface area contributed by atoms with Crippen molar-refractivity contribution in [2.24, 2.45) is 0 Å². The van der Waals surface area contributed by atoms with Crippen LogP contribution in [0.2, 0.25) is 5.02 Å². The Balaban J connectivity index is 0.000000810. The molecular weight excluding hydrogens is 166 g/mol. The Morgan fingerprint density at radius 3 is 2.40 bits per heavy atom. The number of hydrogen-bond acceptors (Lipinski definition) is 1. The molecular formula is C6H4ClFNaO+. The fourth-order valence-corrected chi connectivity index (χ4v) is 0.640. The summed E-state index contributed by atoms with van der Waals surface area (Å²) in [4.78, 5) is 0. The molecule has 0 saturated heterocycles. The smallest absolute Gasteiger partial charge is 0.505 e. The van der Waals surface area contributed by atoms with Gasteiger partial charge in [0.05, 0.1) is 0 Å². The zero-order chi connectivity index (χ0) is 6.85. The quantitative estimate of drug-likeness (QED) is 0.504. The van der Waals surface area contributed by atoms with Gasteiger partial charge in [0.2, 0.25) is 0 Å². The molecule has 0 bridgehead atoms. The summed E-state index contributed by atoms with van der Waals surface area (Å²) in [5.74, 6) is -1.07. The van der Waals surface area contributed by atoms with Crippen LogP contribution in [0.25, 0.3) is 0 Å². The molecule has 4 heteroatoms. The van der Waals surface area contributed by atoms with E-state index in [2.05, 4.69) is 0 Å². The largest absolute Gasteiger partial charge is 1.00 e. The van der Waals surface area contributed by atoms with Gasteiger partial charge in [-0.3, -0.25) is 0 Å². The molecule has 10 heavy (non-hydrogen) atoms. The normalized spacial score (nSPS) is 8.60. The molecule has 0 fully saturated rings. The third kappa shape index (κ3) is 2.46. The van der Waals surface area contributed by atoms with Gasteiger partial charge in [0.15, 0.2) is 11.6 Å². The van der Waals surface area contributed by atoms with Crippen molar-refractivity contribution >= 4 is 11.6 Å². The van der Waals surface area contributed by atoms with Gasteiger partial charge in [-0.25, -0.2) is 4.39 Å². The fourth-order valence-electron chi connectivity index (χ4n) is 0.481. The molecule has 0 unspecified atom stereocenters. The van der Waals surface area contributed by atoms with E-state index >= 15 is 0 Å². The first-order valence-corrected chi connectivity index (χ1v) is 2.72. The Morgan fingerprint density at radius 1 is 1.40 bits per heavy atom. The van der Waals surface area contributed by atoms with Crippen LogP contribution in [0.1, 0.15) is 0 Å². The summed E-state index contributed by atoms with van der Waals surface area (Å²) in [6.45, 7) is 0. The van der Waals surface area contributed by atoms with Crippen LogP contribution in [0.4, 0.5) is 4.39 Å². The van der Waals surface area contributed by atoms with Crippen LogP contribution in [0.3, 0.4) is 0 Å². The fraction of sp³-hybridized carbons (Fsp3) is 0. The molecule has 0 saturated carbocycles. The monoisotopic (exact) mass is 169 g/mol. The number of aromatic hydroxyl groups is 1. The van der Waals surface area contributed by atoms with E-state index < -0.39 is 5.82 Å². The van der Waals surface area contributed by atoms with E-state index in [0.717, 1.165) is 6.07 Å². The van der Waals surface area contributed by atoms with E-state index in [4.69, 9.17) is 16.7 Å². The van der Waals surface area contributed by atoms with Crippen LogP contribution in [-0.2, 0) is 0 Å². The Hall–Kier alpha value is 0.240. The number of halogens is 2. The van der Waals surface area contributed by atoms with Gasteiger partial charge in [-0.05, 0) is 18.2 Å². The summed E-state index contributed by atoms with van der Waals surface area (Å²) in [7, 11) is 0. The van der Waals surface area contributed by atoms with Crippen LogP contribution in [0.15, 0.2) is 18.2 Å². The van der Waals surface area contributed by atoms with Gasteiger partial charge in [0.1, 0.15) is 0 Å². The molecule has 1 aromatic rings. The van der Waals surface area contributed by atoms with E-state index in [1.54, 1.807) is 0 Å². The zero-order valence-electron chi connectivity index (χ0n) is 5.44. The Morgan fingerprint density at radius 2 is 2.00 bits per heavy atom. The van der Waals surface area contributed by atoms with E-state index in [-0.39, 0.29) is 40.3 Å². The number of phenolic OH excluding ortho intramolecular Hbond substituents is 1. The SMILES string of the molecule is Oc1ccc(Cl)cc1F.[Na+]. The topological polar surface area (TPSA) is 20.2 Å². The summed E-state index contributed by atoms with van der Waals surface area (Å²) in [6.07, 6.45) is 0. The van der Waals surface area contributed by atoms with Gasteiger partial charge in [0, 0.05) is 5.02 Å². The van der Waals surface area contributed by atoms with Crippen molar-refractivity contribution in [2.45, 2.75) is 0 Å². The molecule has 0 amide bonds. The average molecular weight is 170 g/mol. The zero-order valence-corrected chi connectivity index (χ0v) is 8.19. The molecule has 1 rings (SSSR count). The maximum atomic E-state index is 12.2. The van der Waals surface area contributed by atoms with Crippen LogP contribution in [0, 0.1) is 5.82 Å². The van der Waals surface area contributed by atoms with Gasteiger partial charge in [-0.15, -0.1) is 0 Å². The standard InChI is InChI=1S/C6H4ClFO.Na/c7-4-1-2-6(9)5(8)3-4;/h1-3,9H;/q;+1. The molecule has 0 aliphatic rings. The number of hydrogen-bond donors (Lipinski definition) is 1. The first-order chi connectivity index (χ1) is 4.20. The van der Waals surface area contributed by atoms with Crippen molar-refractivity contribution in [3.05, 3.63) is 29.0 Å². The van der Waals surface area contributed by atoms with E-state index in [9.17, 15) is 4.39 Å². The molecule has 0 atom stereocenters. The summed E-state index contributed by atoms with van der Waals surface area (Å²) in [5, 5.41) is 8.89. The van der Waals surface area contributed by atoms with Crippen molar-refractivity contribution in [3.63, 3.8) is 0 Å². The maximum absolute atomic E-state index is 12.2. The van der Waals surface area contributed by atoms with Gasteiger partial charge in [0.25, 0.3) is 0 Å². The van der Waals surface area contributed by atoms with Crippen LogP contribution in [0.5, 0.6) is 5.75 Å².